The van der Waals surface area contributed by atoms with Crippen LogP contribution in [0.4, 0.5) is 10.5 Å². The van der Waals surface area contributed by atoms with Crippen molar-refractivity contribution < 1.29 is 14.3 Å². The predicted octanol–water partition coefficient (Wildman–Crippen LogP) is 5.60. The van der Waals surface area contributed by atoms with Crippen LogP contribution in [0.15, 0.2) is 24.3 Å². The summed E-state index contributed by atoms with van der Waals surface area (Å²) in [5, 5.41) is 2.89. The highest BCUT2D eigenvalue weighted by atomic mass is 16.6. The lowest BCUT2D eigenvalue weighted by atomic mass is 9.91. The zero-order valence-corrected chi connectivity index (χ0v) is 17.3. The molecule has 0 aromatic heterocycles. The monoisotopic (exact) mass is 388 g/mol. The van der Waals surface area contributed by atoms with Crippen LogP contribution in [-0.4, -0.2) is 42.8 Å². The van der Waals surface area contributed by atoms with Crippen molar-refractivity contribution in [3.8, 4) is 5.75 Å². The van der Waals surface area contributed by atoms with Gasteiger partial charge in [0.1, 0.15) is 11.9 Å². The molecule has 1 aromatic rings. The first-order valence-corrected chi connectivity index (χ1v) is 11.2. The average molecular weight is 389 g/mol. The lowest BCUT2D eigenvalue weighted by molar-refractivity contribution is 0.0176. The fourth-order valence-electron chi connectivity index (χ4n) is 4.37. The minimum absolute atomic E-state index is 0.00449. The molecule has 1 amide bonds. The van der Waals surface area contributed by atoms with Crippen molar-refractivity contribution in [1.29, 1.82) is 0 Å². The highest BCUT2D eigenvalue weighted by Crippen LogP contribution is 2.28. The van der Waals surface area contributed by atoms with E-state index < -0.39 is 0 Å². The van der Waals surface area contributed by atoms with Crippen LogP contribution in [0.2, 0.25) is 0 Å². The molecule has 28 heavy (non-hydrogen) atoms. The summed E-state index contributed by atoms with van der Waals surface area (Å²) < 4.78 is 11.7. The number of carbonyl (C=O) groups is 1. The van der Waals surface area contributed by atoms with Crippen LogP contribution < -0.4 is 10.1 Å². The fourth-order valence-corrected chi connectivity index (χ4v) is 4.37. The molecule has 0 radical (unpaired) electrons. The van der Waals surface area contributed by atoms with Crippen molar-refractivity contribution in [2.24, 2.45) is 0 Å². The minimum Gasteiger partial charge on any atom is -0.494 e. The number of nitrogens with one attached hydrogen (secondary N) is 1. The van der Waals surface area contributed by atoms with Gasteiger partial charge in [-0.3, -0.25) is 10.2 Å². The molecule has 1 heterocycles. The van der Waals surface area contributed by atoms with Crippen LogP contribution in [0.1, 0.15) is 71.1 Å². The van der Waals surface area contributed by atoms with Crippen LogP contribution >= 0.6 is 0 Å². The number of likely N-dealkylation sites (tertiary alicyclic amines) is 1. The molecule has 2 atom stereocenters. The highest BCUT2D eigenvalue weighted by Gasteiger charge is 2.34. The molecule has 2 fully saturated rings. The number of unbranched alkanes of at least 4 members (excludes halogenated alkanes) is 3. The van der Waals surface area contributed by atoms with E-state index in [1.807, 2.05) is 24.3 Å². The number of anilines is 1. The van der Waals surface area contributed by atoms with Gasteiger partial charge in [0.25, 0.3) is 0 Å². The summed E-state index contributed by atoms with van der Waals surface area (Å²) in [6.07, 6.45) is 11.4. The minimum atomic E-state index is -0.351. The van der Waals surface area contributed by atoms with E-state index in [9.17, 15) is 4.79 Å². The molecular formula is C23H36N2O3. The Morgan fingerprint density at radius 3 is 2.75 bits per heavy atom. The van der Waals surface area contributed by atoms with E-state index in [0.29, 0.717) is 12.6 Å². The molecule has 0 bridgehead atoms. The Hall–Kier alpha value is -1.75. The quantitative estimate of drug-likeness (QED) is 0.559. The third-order valence-corrected chi connectivity index (χ3v) is 5.88. The third kappa shape index (κ3) is 6.40. The largest absolute Gasteiger partial charge is 0.494 e. The second-order valence-electron chi connectivity index (χ2n) is 8.10. The number of hydrogen-bond acceptors (Lipinski definition) is 4. The maximum Gasteiger partial charge on any atom is 0.411 e. The Labute approximate surface area is 169 Å². The molecule has 1 saturated heterocycles. The topological polar surface area (TPSA) is 50.8 Å². The molecule has 2 aliphatic rings. The van der Waals surface area contributed by atoms with Gasteiger partial charge < -0.3 is 9.47 Å². The molecule has 1 aromatic carbocycles. The molecule has 156 valence electrons. The summed E-state index contributed by atoms with van der Waals surface area (Å²) in [4.78, 5) is 15.0. The summed E-state index contributed by atoms with van der Waals surface area (Å²) in [6, 6.07) is 7.98. The van der Waals surface area contributed by atoms with E-state index in [-0.39, 0.29) is 12.2 Å². The zero-order chi connectivity index (χ0) is 19.6. The molecule has 5 nitrogen and oxygen atoms in total. The summed E-state index contributed by atoms with van der Waals surface area (Å²) >= 11 is 0. The van der Waals surface area contributed by atoms with Crippen molar-refractivity contribution in [2.75, 3.05) is 25.0 Å². The van der Waals surface area contributed by atoms with Crippen LogP contribution in [-0.2, 0) is 4.74 Å². The number of nitrogens with zero attached hydrogens (tertiary/aromatic N) is 1. The van der Waals surface area contributed by atoms with E-state index in [0.717, 1.165) is 50.2 Å². The van der Waals surface area contributed by atoms with Crippen LogP contribution in [0.3, 0.4) is 0 Å². The van der Waals surface area contributed by atoms with Crippen molar-refractivity contribution >= 4 is 11.8 Å². The molecule has 5 heteroatoms. The Morgan fingerprint density at radius 1 is 1.11 bits per heavy atom. The third-order valence-electron chi connectivity index (χ3n) is 5.88. The Bertz CT molecular complexity index is 601. The lowest BCUT2D eigenvalue weighted by Crippen LogP contribution is -2.46. The van der Waals surface area contributed by atoms with Gasteiger partial charge in [0.2, 0.25) is 0 Å². The second kappa shape index (κ2) is 11.3. The maximum absolute atomic E-state index is 12.5. The number of ether oxygens (including phenoxy) is 2. The summed E-state index contributed by atoms with van der Waals surface area (Å²) in [5.41, 5.74) is 0.726. The highest BCUT2D eigenvalue weighted by molar-refractivity contribution is 5.85. The summed E-state index contributed by atoms with van der Waals surface area (Å²) in [7, 11) is 0. The smallest absolute Gasteiger partial charge is 0.411 e. The maximum atomic E-state index is 12.5. The number of carbonyl (C=O) groups excluding carboxylic acids is 1. The molecule has 3 rings (SSSR count). The Morgan fingerprint density at radius 2 is 1.93 bits per heavy atom. The van der Waals surface area contributed by atoms with Gasteiger partial charge in [0.05, 0.1) is 6.61 Å². The number of rotatable bonds is 9. The molecule has 1 aliphatic heterocycles. The van der Waals surface area contributed by atoms with Gasteiger partial charge in [0, 0.05) is 17.8 Å². The van der Waals surface area contributed by atoms with E-state index in [4.69, 9.17) is 9.47 Å². The normalized spacial score (nSPS) is 22.8. The van der Waals surface area contributed by atoms with Gasteiger partial charge in [-0.05, 0) is 63.7 Å². The first kappa shape index (κ1) is 21.0. The lowest BCUT2D eigenvalue weighted by Gasteiger charge is -2.37. The Balaban J connectivity index is 1.47. The average Bonchev–Trinajstić information content (AvgIpc) is 3.23. The number of hydrogen-bond donors (Lipinski definition) is 1. The van der Waals surface area contributed by atoms with E-state index in [1.54, 1.807) is 0 Å². The molecule has 1 aliphatic carbocycles. The van der Waals surface area contributed by atoms with Gasteiger partial charge in [-0.2, -0.15) is 0 Å². The van der Waals surface area contributed by atoms with Crippen LogP contribution in [0.5, 0.6) is 5.75 Å². The molecule has 0 unspecified atom stereocenters. The van der Waals surface area contributed by atoms with Gasteiger partial charge in [-0.1, -0.05) is 38.7 Å². The first-order valence-electron chi connectivity index (χ1n) is 11.2. The van der Waals surface area contributed by atoms with E-state index in [1.165, 1.54) is 38.5 Å². The summed E-state index contributed by atoms with van der Waals surface area (Å²) in [6.45, 7) is 5.21. The summed E-state index contributed by atoms with van der Waals surface area (Å²) in [5.74, 6) is 0.793. The van der Waals surface area contributed by atoms with Crippen LogP contribution in [0.25, 0.3) is 0 Å². The molecular weight excluding hydrogens is 352 g/mol. The predicted molar refractivity (Wildman–Crippen MR) is 113 cm³/mol. The van der Waals surface area contributed by atoms with Crippen molar-refractivity contribution in [3.05, 3.63) is 24.3 Å². The number of benzene rings is 1. The van der Waals surface area contributed by atoms with E-state index >= 15 is 0 Å². The fraction of sp³-hybridized carbons (Fsp3) is 0.696. The second-order valence-corrected chi connectivity index (χ2v) is 8.10. The van der Waals surface area contributed by atoms with Crippen molar-refractivity contribution in [2.45, 2.75) is 83.3 Å². The zero-order valence-electron chi connectivity index (χ0n) is 17.3. The molecule has 1 N–H and O–H groups in total. The Kier molecular flexibility index (Phi) is 8.46. The SMILES string of the molecule is CCCCCCOc1cccc(NC(=O)O[C@H]2CCCC[C@@H]2N2CCCC2)c1. The molecule has 1 saturated carbocycles. The van der Waals surface area contributed by atoms with Gasteiger partial charge in [-0.15, -0.1) is 0 Å². The van der Waals surface area contributed by atoms with E-state index in [2.05, 4.69) is 17.1 Å². The standard InChI is InChI=1S/C23H36N2O3/c1-2-3-4-9-17-27-20-12-10-11-19(18-20)24-23(26)28-22-14-6-5-13-21(22)25-15-7-8-16-25/h10-12,18,21-22H,2-9,13-17H2,1H3,(H,24,26)/t21-,22-/m0/s1. The number of amides is 1. The van der Waals surface area contributed by atoms with Gasteiger partial charge in [0.15, 0.2) is 0 Å². The van der Waals surface area contributed by atoms with Crippen molar-refractivity contribution in [1.82, 2.24) is 4.90 Å². The van der Waals surface area contributed by atoms with Crippen LogP contribution in [0, 0.1) is 0 Å². The van der Waals surface area contributed by atoms with Gasteiger partial charge >= 0.3 is 6.09 Å². The first-order chi connectivity index (χ1) is 13.8. The van der Waals surface area contributed by atoms with Crippen molar-refractivity contribution in [3.63, 3.8) is 0 Å². The van der Waals surface area contributed by atoms with Gasteiger partial charge in [-0.25, -0.2) is 4.79 Å². The molecule has 0 spiro atoms.